The van der Waals surface area contributed by atoms with Crippen molar-refractivity contribution >= 4 is 0 Å². The average Bonchev–Trinajstić information content (AvgIpc) is 2.12. The molecule has 0 aromatic rings. The molecule has 0 radical (unpaired) electrons. The van der Waals surface area contributed by atoms with Gasteiger partial charge >= 0.3 is 0 Å². The summed E-state index contributed by atoms with van der Waals surface area (Å²) in [4.78, 5) is 0. The van der Waals surface area contributed by atoms with Crippen LogP contribution in [0, 0.1) is 17.8 Å². The third kappa shape index (κ3) is 7.41. The Kier molecular flexibility index (Phi) is 8.32. The summed E-state index contributed by atoms with van der Waals surface area (Å²) in [6, 6.07) is 0. The Balaban J connectivity index is 3.40. The van der Waals surface area contributed by atoms with Crippen molar-refractivity contribution in [3.8, 4) is 0 Å². The molecule has 0 spiro atoms. The third-order valence-electron chi connectivity index (χ3n) is 3.46. The van der Waals surface area contributed by atoms with Crippen molar-refractivity contribution in [3.05, 3.63) is 0 Å². The summed E-state index contributed by atoms with van der Waals surface area (Å²) in [5.74, 6) is 2.69. The molecule has 0 saturated carbocycles. The maximum atomic E-state index is 2.42. The Morgan fingerprint density at radius 1 is 0.857 bits per heavy atom. The molecule has 14 heavy (non-hydrogen) atoms. The molecule has 0 fully saturated rings. The smallest absolute Gasteiger partial charge is 0.0417 e. The number of unbranched alkanes of at least 4 members (excludes halogenated alkanes) is 3. The van der Waals surface area contributed by atoms with Gasteiger partial charge in [0.2, 0.25) is 0 Å². The highest BCUT2D eigenvalue weighted by molar-refractivity contribution is 4.62. The fourth-order valence-electron chi connectivity index (χ4n) is 1.94. The van der Waals surface area contributed by atoms with Gasteiger partial charge in [0.15, 0.2) is 0 Å². The fourth-order valence-corrected chi connectivity index (χ4v) is 1.94. The maximum Gasteiger partial charge on any atom is -0.0417 e. The molecule has 0 heterocycles. The Bertz CT molecular complexity index is 115. The van der Waals surface area contributed by atoms with Crippen LogP contribution in [0.25, 0.3) is 0 Å². The molecule has 0 aliphatic heterocycles. The van der Waals surface area contributed by atoms with Crippen molar-refractivity contribution in [3.63, 3.8) is 0 Å². The van der Waals surface area contributed by atoms with Crippen LogP contribution in [0.1, 0.15) is 73.1 Å². The lowest BCUT2D eigenvalue weighted by molar-refractivity contribution is 0.316. The predicted octanol–water partition coefficient (Wildman–Crippen LogP) is 5.28. The van der Waals surface area contributed by atoms with Crippen LogP contribution in [0.3, 0.4) is 0 Å². The zero-order valence-corrected chi connectivity index (χ0v) is 11.0. The standard InChI is InChI=1S/C14H30/c1-6-7-8-9-10-13(4)11-14(5)12(2)3/h12-14H,6-11H2,1-5H3. The summed E-state index contributed by atoms with van der Waals surface area (Å²) in [5.41, 5.74) is 0. The van der Waals surface area contributed by atoms with Crippen LogP contribution in [0.2, 0.25) is 0 Å². The van der Waals surface area contributed by atoms with Crippen molar-refractivity contribution in [1.82, 2.24) is 0 Å². The lowest BCUT2D eigenvalue weighted by Crippen LogP contribution is -2.09. The first-order valence-electron chi connectivity index (χ1n) is 6.57. The van der Waals surface area contributed by atoms with Crippen molar-refractivity contribution < 1.29 is 0 Å². The molecular formula is C14H30. The molecule has 0 saturated heterocycles. The van der Waals surface area contributed by atoms with E-state index in [9.17, 15) is 0 Å². The zero-order valence-electron chi connectivity index (χ0n) is 11.0. The predicted molar refractivity (Wildman–Crippen MR) is 66.5 cm³/mol. The van der Waals surface area contributed by atoms with Crippen molar-refractivity contribution in [2.24, 2.45) is 17.8 Å². The highest BCUT2D eigenvalue weighted by Crippen LogP contribution is 2.23. The van der Waals surface area contributed by atoms with Gasteiger partial charge in [0.1, 0.15) is 0 Å². The number of hydrogen-bond acceptors (Lipinski definition) is 0. The van der Waals surface area contributed by atoms with E-state index in [1.165, 1.54) is 38.5 Å². The number of hydrogen-bond donors (Lipinski definition) is 0. The number of rotatable bonds is 8. The topological polar surface area (TPSA) is 0 Å². The van der Waals surface area contributed by atoms with Gasteiger partial charge < -0.3 is 0 Å². The second-order valence-corrected chi connectivity index (χ2v) is 5.41. The summed E-state index contributed by atoms with van der Waals surface area (Å²) < 4.78 is 0. The van der Waals surface area contributed by atoms with E-state index in [0.717, 1.165) is 17.8 Å². The van der Waals surface area contributed by atoms with Crippen LogP contribution in [0.5, 0.6) is 0 Å². The molecular weight excluding hydrogens is 168 g/mol. The van der Waals surface area contributed by atoms with Crippen molar-refractivity contribution in [1.29, 1.82) is 0 Å². The van der Waals surface area contributed by atoms with Gasteiger partial charge in [-0.05, 0) is 24.2 Å². The molecule has 2 unspecified atom stereocenters. The van der Waals surface area contributed by atoms with Gasteiger partial charge in [-0.3, -0.25) is 0 Å². The Labute approximate surface area is 91.5 Å². The van der Waals surface area contributed by atoms with Gasteiger partial charge in [0.25, 0.3) is 0 Å². The molecule has 0 aromatic carbocycles. The van der Waals surface area contributed by atoms with Crippen molar-refractivity contribution in [2.75, 3.05) is 0 Å². The SMILES string of the molecule is CCCCCCC(C)CC(C)C(C)C. The van der Waals surface area contributed by atoms with Crippen LogP contribution >= 0.6 is 0 Å². The molecule has 0 heteroatoms. The molecule has 0 rings (SSSR count). The molecule has 0 aromatic heterocycles. The lowest BCUT2D eigenvalue weighted by atomic mass is 9.86. The first kappa shape index (κ1) is 14.0. The van der Waals surface area contributed by atoms with E-state index >= 15 is 0 Å². The molecule has 86 valence electrons. The monoisotopic (exact) mass is 198 g/mol. The van der Waals surface area contributed by atoms with Crippen LogP contribution in [-0.4, -0.2) is 0 Å². The fraction of sp³-hybridized carbons (Fsp3) is 1.00. The van der Waals surface area contributed by atoms with E-state index in [0.29, 0.717) is 0 Å². The van der Waals surface area contributed by atoms with E-state index in [2.05, 4.69) is 34.6 Å². The van der Waals surface area contributed by atoms with Gasteiger partial charge in [-0.25, -0.2) is 0 Å². The quantitative estimate of drug-likeness (QED) is 0.466. The first-order chi connectivity index (χ1) is 6.57. The highest BCUT2D eigenvalue weighted by atomic mass is 14.2. The average molecular weight is 198 g/mol. The lowest BCUT2D eigenvalue weighted by Gasteiger charge is -2.20. The van der Waals surface area contributed by atoms with Gasteiger partial charge in [0, 0.05) is 0 Å². The minimum absolute atomic E-state index is 0.855. The van der Waals surface area contributed by atoms with Crippen LogP contribution in [0.4, 0.5) is 0 Å². The molecule has 0 nitrogen and oxygen atoms in total. The first-order valence-corrected chi connectivity index (χ1v) is 6.57. The van der Waals surface area contributed by atoms with E-state index in [1.54, 1.807) is 0 Å². The van der Waals surface area contributed by atoms with Crippen LogP contribution in [-0.2, 0) is 0 Å². The summed E-state index contributed by atoms with van der Waals surface area (Å²) in [6.07, 6.45) is 8.53. The zero-order chi connectivity index (χ0) is 11.0. The minimum atomic E-state index is 0.855. The summed E-state index contributed by atoms with van der Waals surface area (Å²) >= 11 is 0. The molecule has 0 aliphatic rings. The van der Waals surface area contributed by atoms with Crippen LogP contribution < -0.4 is 0 Å². The second kappa shape index (κ2) is 8.32. The van der Waals surface area contributed by atoms with Crippen molar-refractivity contribution in [2.45, 2.75) is 73.1 Å². The van der Waals surface area contributed by atoms with E-state index in [-0.39, 0.29) is 0 Å². The molecule has 0 aliphatic carbocycles. The van der Waals surface area contributed by atoms with Gasteiger partial charge in [-0.2, -0.15) is 0 Å². The van der Waals surface area contributed by atoms with Crippen LogP contribution in [0.15, 0.2) is 0 Å². The Morgan fingerprint density at radius 2 is 1.50 bits per heavy atom. The van der Waals surface area contributed by atoms with Gasteiger partial charge in [-0.1, -0.05) is 66.7 Å². The second-order valence-electron chi connectivity index (χ2n) is 5.41. The molecule has 0 bridgehead atoms. The van der Waals surface area contributed by atoms with Gasteiger partial charge in [0.05, 0.1) is 0 Å². The largest absolute Gasteiger partial charge is 0.0654 e. The summed E-state index contributed by atoms with van der Waals surface area (Å²) in [5, 5.41) is 0. The van der Waals surface area contributed by atoms with E-state index in [4.69, 9.17) is 0 Å². The highest BCUT2D eigenvalue weighted by Gasteiger charge is 2.11. The molecule has 2 atom stereocenters. The molecule has 0 amide bonds. The Hall–Kier alpha value is 0. The Morgan fingerprint density at radius 3 is 2.00 bits per heavy atom. The minimum Gasteiger partial charge on any atom is -0.0654 e. The maximum absolute atomic E-state index is 2.42. The normalized spacial score (nSPS) is 15.9. The van der Waals surface area contributed by atoms with E-state index in [1.807, 2.05) is 0 Å². The molecule has 0 N–H and O–H groups in total. The third-order valence-corrected chi connectivity index (χ3v) is 3.46. The van der Waals surface area contributed by atoms with E-state index < -0.39 is 0 Å². The summed E-state index contributed by atoms with van der Waals surface area (Å²) in [6.45, 7) is 11.8. The van der Waals surface area contributed by atoms with Gasteiger partial charge in [-0.15, -0.1) is 0 Å². The summed E-state index contributed by atoms with van der Waals surface area (Å²) in [7, 11) is 0.